The number of hydrogen-bond donors (Lipinski definition) is 2. The predicted molar refractivity (Wildman–Crippen MR) is 111 cm³/mol. The number of hydrogen-bond acceptors (Lipinski definition) is 5. The first kappa shape index (κ1) is 16.0. The van der Waals surface area contributed by atoms with Gasteiger partial charge >= 0.3 is 0 Å². The first-order valence-corrected chi connectivity index (χ1v) is 9.66. The highest BCUT2D eigenvalue weighted by Crippen LogP contribution is 2.37. The number of rotatable bonds is 4. The van der Waals surface area contributed by atoms with Gasteiger partial charge < -0.3 is 5.32 Å². The van der Waals surface area contributed by atoms with E-state index in [9.17, 15) is 0 Å². The van der Waals surface area contributed by atoms with Crippen LogP contribution < -0.4 is 5.32 Å². The van der Waals surface area contributed by atoms with Crippen molar-refractivity contribution in [3.8, 4) is 11.4 Å². The van der Waals surface area contributed by atoms with Gasteiger partial charge in [0.05, 0.1) is 5.52 Å². The van der Waals surface area contributed by atoms with Gasteiger partial charge in [-0.2, -0.15) is 5.10 Å². The third kappa shape index (κ3) is 2.74. The number of para-hydroxylation sites is 1. The maximum absolute atomic E-state index is 5.00. The largest absolute Gasteiger partial charge is 0.363 e. The topological polar surface area (TPSA) is 66.5 Å². The molecule has 0 saturated carbocycles. The predicted octanol–water partition coefficient (Wildman–Crippen LogP) is 5.41. The summed E-state index contributed by atoms with van der Waals surface area (Å²) in [5, 5.41) is 14.9. The molecule has 27 heavy (non-hydrogen) atoms. The third-order valence-corrected chi connectivity index (χ3v) is 5.70. The van der Waals surface area contributed by atoms with Crippen molar-refractivity contribution in [2.75, 3.05) is 5.32 Å². The van der Waals surface area contributed by atoms with Gasteiger partial charge in [0.15, 0.2) is 5.82 Å². The van der Waals surface area contributed by atoms with Crippen LogP contribution in [-0.4, -0.2) is 20.2 Å². The lowest BCUT2D eigenvalue weighted by molar-refractivity contribution is 0.879. The molecular weight excluding hydrogens is 354 g/mol. The molecule has 0 aliphatic carbocycles. The molecule has 0 saturated heterocycles. The van der Waals surface area contributed by atoms with Gasteiger partial charge in [-0.05, 0) is 30.0 Å². The van der Waals surface area contributed by atoms with Crippen molar-refractivity contribution < 1.29 is 0 Å². The highest BCUT2D eigenvalue weighted by Gasteiger charge is 2.16. The lowest BCUT2D eigenvalue weighted by atomic mass is 10.1. The molecule has 132 valence electrons. The minimum atomic E-state index is 0.150. The smallest absolute Gasteiger partial charge is 0.157 e. The van der Waals surface area contributed by atoms with E-state index >= 15 is 0 Å². The van der Waals surface area contributed by atoms with Crippen molar-refractivity contribution in [1.29, 1.82) is 0 Å². The number of nitrogens with zero attached hydrogens (tertiary/aromatic N) is 3. The molecule has 0 fully saturated rings. The van der Waals surface area contributed by atoms with Gasteiger partial charge in [-0.25, -0.2) is 9.97 Å². The molecule has 0 bridgehead atoms. The van der Waals surface area contributed by atoms with E-state index in [1.165, 1.54) is 16.6 Å². The van der Waals surface area contributed by atoms with Crippen LogP contribution in [0.1, 0.15) is 18.5 Å². The number of pyridine rings is 1. The summed E-state index contributed by atoms with van der Waals surface area (Å²) in [6.07, 6.45) is 1.52. The average molecular weight is 371 g/mol. The molecule has 0 aliphatic rings. The van der Waals surface area contributed by atoms with E-state index in [1.807, 2.05) is 18.2 Å². The second kappa shape index (κ2) is 6.48. The van der Waals surface area contributed by atoms with Crippen LogP contribution in [0.15, 0.2) is 66.3 Å². The fourth-order valence-electron chi connectivity index (χ4n) is 3.39. The number of anilines is 1. The summed E-state index contributed by atoms with van der Waals surface area (Å²) >= 11 is 1.73. The van der Waals surface area contributed by atoms with Gasteiger partial charge in [0.1, 0.15) is 12.1 Å². The van der Waals surface area contributed by atoms with Gasteiger partial charge in [-0.1, -0.05) is 42.5 Å². The lowest BCUT2D eigenvalue weighted by Crippen LogP contribution is -2.08. The molecule has 1 atom stereocenters. The first-order valence-electron chi connectivity index (χ1n) is 8.78. The second-order valence-corrected chi connectivity index (χ2v) is 7.35. The van der Waals surface area contributed by atoms with Crippen molar-refractivity contribution >= 4 is 38.1 Å². The molecule has 1 unspecified atom stereocenters. The highest BCUT2D eigenvalue weighted by atomic mass is 32.1. The maximum atomic E-state index is 5.00. The Kier molecular flexibility index (Phi) is 3.83. The van der Waals surface area contributed by atoms with Gasteiger partial charge in [-0.3, -0.25) is 5.10 Å². The first-order chi connectivity index (χ1) is 13.3. The van der Waals surface area contributed by atoms with E-state index < -0.39 is 0 Å². The monoisotopic (exact) mass is 371 g/mol. The zero-order chi connectivity index (χ0) is 18.2. The molecule has 0 spiro atoms. The van der Waals surface area contributed by atoms with E-state index in [2.05, 4.69) is 69.2 Å². The minimum absolute atomic E-state index is 0.150. The number of thiophene rings is 1. The minimum Gasteiger partial charge on any atom is -0.363 e. The Bertz CT molecular complexity index is 1210. The number of fused-ring (bicyclic) bond motifs is 3. The maximum Gasteiger partial charge on any atom is 0.157 e. The zero-order valence-electron chi connectivity index (χ0n) is 14.7. The van der Waals surface area contributed by atoms with Crippen molar-refractivity contribution in [2.45, 2.75) is 13.0 Å². The number of H-pyrrole nitrogens is 1. The highest BCUT2D eigenvalue weighted by molar-refractivity contribution is 7.18. The van der Waals surface area contributed by atoms with Crippen molar-refractivity contribution in [2.24, 2.45) is 0 Å². The van der Waals surface area contributed by atoms with Gasteiger partial charge in [0.25, 0.3) is 0 Å². The molecule has 5 aromatic rings. The summed E-state index contributed by atoms with van der Waals surface area (Å²) in [4.78, 5) is 9.32. The van der Waals surface area contributed by atoms with E-state index in [4.69, 9.17) is 4.98 Å². The zero-order valence-corrected chi connectivity index (χ0v) is 15.5. The van der Waals surface area contributed by atoms with Crippen molar-refractivity contribution in [3.05, 3.63) is 71.9 Å². The van der Waals surface area contributed by atoms with Crippen LogP contribution >= 0.6 is 11.3 Å². The van der Waals surface area contributed by atoms with Crippen molar-refractivity contribution in [3.63, 3.8) is 0 Å². The van der Waals surface area contributed by atoms with Crippen LogP contribution in [0.5, 0.6) is 0 Å². The van der Waals surface area contributed by atoms with Crippen molar-refractivity contribution in [1.82, 2.24) is 20.2 Å². The summed E-state index contributed by atoms with van der Waals surface area (Å²) in [5.74, 6) is 1.62. The summed E-state index contributed by atoms with van der Waals surface area (Å²) in [6, 6.07) is 18.9. The molecule has 2 aromatic carbocycles. The van der Waals surface area contributed by atoms with Gasteiger partial charge in [0, 0.05) is 27.1 Å². The molecule has 5 nitrogen and oxygen atoms in total. The van der Waals surface area contributed by atoms with Crippen LogP contribution in [0.2, 0.25) is 0 Å². The van der Waals surface area contributed by atoms with Crippen LogP contribution in [0, 0.1) is 0 Å². The Morgan fingerprint density at radius 1 is 1.00 bits per heavy atom. The van der Waals surface area contributed by atoms with Crippen LogP contribution in [0.3, 0.4) is 0 Å². The lowest BCUT2D eigenvalue weighted by Gasteiger charge is -2.17. The normalized spacial score (nSPS) is 12.5. The quantitative estimate of drug-likeness (QED) is 0.443. The average Bonchev–Trinajstić information content (AvgIpc) is 3.40. The van der Waals surface area contributed by atoms with Gasteiger partial charge in [-0.15, -0.1) is 11.3 Å². The Balaban J connectivity index is 1.69. The van der Waals surface area contributed by atoms with Crippen LogP contribution in [0.4, 0.5) is 5.82 Å². The number of aromatic nitrogens is 4. The third-order valence-electron chi connectivity index (χ3n) is 4.75. The molecule has 5 rings (SSSR count). The number of aromatic amines is 1. The standard InChI is InChI=1S/C21H17N5S/c1-13(14-6-3-2-4-7-14)24-21-17-10-11-27-19(17)15-8-5-9-16(18(15)25-21)20-22-12-23-26-20/h2-13H,1H3,(H,24,25)(H,22,23,26). The molecular formula is C21H17N5S. The molecule has 2 N–H and O–H groups in total. The Labute approximate surface area is 160 Å². The number of benzene rings is 2. The fourth-order valence-corrected chi connectivity index (χ4v) is 4.31. The van der Waals surface area contributed by atoms with E-state index in [-0.39, 0.29) is 6.04 Å². The molecule has 3 heterocycles. The second-order valence-electron chi connectivity index (χ2n) is 6.44. The summed E-state index contributed by atoms with van der Waals surface area (Å²) < 4.78 is 1.23. The van der Waals surface area contributed by atoms with Gasteiger partial charge in [0.2, 0.25) is 0 Å². The summed E-state index contributed by atoms with van der Waals surface area (Å²) in [6.45, 7) is 2.15. The molecule has 0 radical (unpaired) electrons. The summed E-state index contributed by atoms with van der Waals surface area (Å²) in [5.41, 5.74) is 3.11. The van der Waals surface area contributed by atoms with E-state index in [1.54, 1.807) is 11.3 Å². The van der Waals surface area contributed by atoms with Crippen LogP contribution in [-0.2, 0) is 0 Å². The van der Waals surface area contributed by atoms with E-state index in [0.717, 1.165) is 33.5 Å². The number of nitrogens with one attached hydrogen (secondary N) is 2. The SMILES string of the molecule is CC(Nc1nc2c(-c3ncn[nH]3)cccc2c2sccc12)c1ccccc1. The molecule has 0 aliphatic heterocycles. The molecule has 0 amide bonds. The molecule has 3 aromatic heterocycles. The molecule has 6 heteroatoms. The Morgan fingerprint density at radius 2 is 1.89 bits per heavy atom. The Hall–Kier alpha value is -3.25. The van der Waals surface area contributed by atoms with E-state index in [0.29, 0.717) is 0 Å². The van der Waals surface area contributed by atoms with Crippen LogP contribution in [0.25, 0.3) is 32.4 Å². The Morgan fingerprint density at radius 3 is 2.70 bits per heavy atom. The summed E-state index contributed by atoms with van der Waals surface area (Å²) in [7, 11) is 0. The fraction of sp³-hybridized carbons (Fsp3) is 0.0952.